The van der Waals surface area contributed by atoms with Crippen LogP contribution >= 0.6 is 11.6 Å². The maximum Gasteiger partial charge on any atom is 0.334 e. The number of hydrogen-bond donors (Lipinski definition) is 0. The normalized spacial score (nSPS) is 14.6. The van der Waals surface area contributed by atoms with Gasteiger partial charge in [0.1, 0.15) is 17.2 Å². The number of benzene rings is 3. The van der Waals surface area contributed by atoms with Crippen LogP contribution in [0.1, 0.15) is 39.3 Å². The van der Waals surface area contributed by atoms with E-state index in [4.69, 9.17) is 25.8 Å². The van der Waals surface area contributed by atoms with Crippen molar-refractivity contribution >= 4 is 29.4 Å². The van der Waals surface area contributed by atoms with Crippen LogP contribution in [0.3, 0.4) is 0 Å². The van der Waals surface area contributed by atoms with E-state index in [0.717, 1.165) is 11.3 Å². The number of halogens is 1. The van der Waals surface area contributed by atoms with Crippen molar-refractivity contribution in [3.63, 3.8) is 0 Å². The van der Waals surface area contributed by atoms with Gasteiger partial charge in [0.05, 0.1) is 12.2 Å². The standard InChI is InChI=1S/C26H21ClO5/c1-3-30-19-11-9-17(10-12-19)14-22-25(28)23-16(2)13-20(15-21(23)32-22)31-26(29)24(27)18-7-5-4-6-8-18/h4-15,24H,3H2,1-2H3/b22-14-. The summed E-state index contributed by atoms with van der Waals surface area (Å²) in [6.45, 7) is 4.27. The Labute approximate surface area is 191 Å². The molecule has 0 aromatic heterocycles. The molecule has 0 amide bonds. The molecule has 0 saturated carbocycles. The third kappa shape index (κ3) is 4.53. The molecule has 6 heteroatoms. The van der Waals surface area contributed by atoms with Crippen LogP contribution in [0.4, 0.5) is 0 Å². The molecule has 3 aromatic rings. The van der Waals surface area contributed by atoms with Gasteiger partial charge in [0.25, 0.3) is 0 Å². The summed E-state index contributed by atoms with van der Waals surface area (Å²) >= 11 is 6.25. The smallest absolute Gasteiger partial charge is 0.334 e. The highest BCUT2D eigenvalue weighted by Crippen LogP contribution is 2.38. The number of allylic oxidation sites excluding steroid dienone is 1. The first-order valence-corrected chi connectivity index (χ1v) is 10.6. The van der Waals surface area contributed by atoms with E-state index >= 15 is 0 Å². The molecule has 0 bridgehead atoms. The van der Waals surface area contributed by atoms with Crippen LogP contribution < -0.4 is 14.2 Å². The Kier molecular flexibility index (Phi) is 6.28. The predicted octanol–water partition coefficient (Wildman–Crippen LogP) is 5.90. The molecular formula is C26H21ClO5. The molecular weight excluding hydrogens is 428 g/mol. The molecule has 1 aliphatic heterocycles. The van der Waals surface area contributed by atoms with E-state index in [0.29, 0.717) is 29.0 Å². The van der Waals surface area contributed by atoms with E-state index in [2.05, 4.69) is 0 Å². The van der Waals surface area contributed by atoms with Crippen molar-refractivity contribution in [2.75, 3.05) is 6.61 Å². The van der Waals surface area contributed by atoms with Crippen molar-refractivity contribution in [1.82, 2.24) is 0 Å². The average Bonchev–Trinajstić information content (AvgIpc) is 3.10. The first-order valence-electron chi connectivity index (χ1n) is 10.2. The van der Waals surface area contributed by atoms with Crippen LogP contribution in [0.25, 0.3) is 6.08 Å². The van der Waals surface area contributed by atoms with Crippen LogP contribution in [0.2, 0.25) is 0 Å². The number of Topliss-reactive ketones (excluding diaryl/α,β-unsaturated/α-hetero) is 1. The summed E-state index contributed by atoms with van der Waals surface area (Å²) in [5.74, 6) is 0.751. The molecule has 4 rings (SSSR count). The van der Waals surface area contributed by atoms with E-state index in [9.17, 15) is 9.59 Å². The molecule has 1 aliphatic rings. The first-order chi connectivity index (χ1) is 15.5. The van der Waals surface area contributed by atoms with Crippen molar-refractivity contribution in [2.24, 2.45) is 0 Å². The van der Waals surface area contributed by atoms with Crippen LogP contribution in [0.15, 0.2) is 72.5 Å². The van der Waals surface area contributed by atoms with Crippen molar-refractivity contribution in [2.45, 2.75) is 19.2 Å². The molecule has 0 saturated heterocycles. The van der Waals surface area contributed by atoms with Gasteiger partial charge in [-0.05, 0) is 54.8 Å². The number of fused-ring (bicyclic) bond motifs is 1. The lowest BCUT2D eigenvalue weighted by Gasteiger charge is -2.11. The van der Waals surface area contributed by atoms with Crippen LogP contribution in [-0.2, 0) is 4.79 Å². The number of aryl methyl sites for hydroxylation is 1. The fraction of sp³-hybridized carbons (Fsp3) is 0.154. The Morgan fingerprint density at radius 3 is 2.47 bits per heavy atom. The third-order valence-electron chi connectivity index (χ3n) is 4.95. The average molecular weight is 449 g/mol. The Morgan fingerprint density at radius 2 is 1.78 bits per heavy atom. The lowest BCUT2D eigenvalue weighted by Crippen LogP contribution is -2.14. The number of ether oxygens (including phenoxy) is 3. The maximum atomic E-state index is 12.9. The zero-order valence-electron chi connectivity index (χ0n) is 17.6. The fourth-order valence-electron chi connectivity index (χ4n) is 3.44. The van der Waals surface area contributed by atoms with Crippen LogP contribution in [0, 0.1) is 6.92 Å². The lowest BCUT2D eigenvalue weighted by molar-refractivity contribution is -0.134. The second-order valence-corrected chi connectivity index (χ2v) is 7.69. The summed E-state index contributed by atoms with van der Waals surface area (Å²) in [6.07, 6.45) is 1.67. The number of carbonyl (C=O) groups is 2. The Bertz CT molecular complexity index is 1180. The molecule has 3 aromatic carbocycles. The van der Waals surface area contributed by atoms with Gasteiger partial charge >= 0.3 is 5.97 Å². The van der Waals surface area contributed by atoms with Gasteiger partial charge in [-0.1, -0.05) is 42.5 Å². The summed E-state index contributed by atoms with van der Waals surface area (Å²) in [6, 6.07) is 19.5. The van der Waals surface area contributed by atoms with E-state index in [1.165, 1.54) is 6.07 Å². The predicted molar refractivity (Wildman–Crippen MR) is 122 cm³/mol. The number of alkyl halides is 1. The van der Waals surface area contributed by atoms with Crippen molar-refractivity contribution < 1.29 is 23.8 Å². The minimum atomic E-state index is -0.942. The summed E-state index contributed by atoms with van der Waals surface area (Å²) in [7, 11) is 0. The van der Waals surface area contributed by atoms with E-state index in [1.807, 2.05) is 37.3 Å². The quantitative estimate of drug-likeness (QED) is 0.203. The highest BCUT2D eigenvalue weighted by atomic mass is 35.5. The summed E-state index contributed by atoms with van der Waals surface area (Å²) in [5.41, 5.74) is 2.55. The Hall–Kier alpha value is -3.57. The molecule has 0 N–H and O–H groups in total. The third-order valence-corrected chi connectivity index (χ3v) is 5.38. The Morgan fingerprint density at radius 1 is 1.06 bits per heavy atom. The molecule has 0 radical (unpaired) electrons. The minimum absolute atomic E-state index is 0.204. The van der Waals surface area contributed by atoms with Gasteiger partial charge in [0, 0.05) is 6.07 Å². The molecule has 1 unspecified atom stereocenters. The molecule has 162 valence electrons. The second kappa shape index (κ2) is 9.28. The number of carbonyl (C=O) groups excluding carboxylic acids is 2. The van der Waals surface area contributed by atoms with E-state index in [-0.39, 0.29) is 17.3 Å². The summed E-state index contributed by atoms with van der Waals surface area (Å²) < 4.78 is 16.7. The molecule has 1 heterocycles. The largest absolute Gasteiger partial charge is 0.494 e. The lowest BCUT2D eigenvalue weighted by atomic mass is 10.0. The van der Waals surface area contributed by atoms with Crippen molar-refractivity contribution in [3.8, 4) is 17.2 Å². The maximum absolute atomic E-state index is 12.9. The molecule has 1 atom stereocenters. The van der Waals surface area contributed by atoms with E-state index < -0.39 is 11.3 Å². The molecule has 32 heavy (non-hydrogen) atoms. The number of rotatable bonds is 6. The SMILES string of the molecule is CCOc1ccc(/C=C2\Oc3cc(OC(=O)C(Cl)c4ccccc4)cc(C)c3C2=O)cc1. The van der Waals surface area contributed by atoms with Crippen LogP contribution in [0.5, 0.6) is 17.2 Å². The zero-order valence-corrected chi connectivity index (χ0v) is 18.4. The van der Waals surface area contributed by atoms with Crippen molar-refractivity contribution in [3.05, 3.63) is 94.7 Å². The fourth-order valence-corrected chi connectivity index (χ4v) is 3.63. The monoisotopic (exact) mass is 448 g/mol. The number of esters is 1. The highest BCUT2D eigenvalue weighted by Gasteiger charge is 2.30. The van der Waals surface area contributed by atoms with Gasteiger partial charge in [-0.25, -0.2) is 4.79 Å². The minimum Gasteiger partial charge on any atom is -0.494 e. The second-order valence-electron chi connectivity index (χ2n) is 7.25. The summed E-state index contributed by atoms with van der Waals surface area (Å²) in [4.78, 5) is 25.4. The zero-order chi connectivity index (χ0) is 22.7. The Balaban J connectivity index is 1.53. The van der Waals surface area contributed by atoms with Gasteiger partial charge < -0.3 is 14.2 Å². The van der Waals surface area contributed by atoms with Gasteiger partial charge in [0.2, 0.25) is 5.78 Å². The molecule has 5 nitrogen and oxygen atoms in total. The number of hydrogen-bond acceptors (Lipinski definition) is 5. The first kappa shape index (κ1) is 21.7. The molecule has 0 fully saturated rings. The van der Waals surface area contributed by atoms with Gasteiger partial charge in [0.15, 0.2) is 11.1 Å². The molecule has 0 spiro atoms. The van der Waals surface area contributed by atoms with Crippen molar-refractivity contribution in [1.29, 1.82) is 0 Å². The van der Waals surface area contributed by atoms with Gasteiger partial charge in [-0.2, -0.15) is 0 Å². The van der Waals surface area contributed by atoms with E-state index in [1.54, 1.807) is 43.3 Å². The summed E-state index contributed by atoms with van der Waals surface area (Å²) in [5, 5.41) is -0.942. The topological polar surface area (TPSA) is 61.8 Å². The van der Waals surface area contributed by atoms with Crippen LogP contribution in [-0.4, -0.2) is 18.4 Å². The van der Waals surface area contributed by atoms with Gasteiger partial charge in [-0.3, -0.25) is 4.79 Å². The number of ketones is 1. The highest BCUT2D eigenvalue weighted by molar-refractivity contribution is 6.30. The molecule has 0 aliphatic carbocycles. The van der Waals surface area contributed by atoms with Gasteiger partial charge in [-0.15, -0.1) is 11.6 Å².